The van der Waals surface area contributed by atoms with Crippen LogP contribution in [0.15, 0.2) is 24.3 Å². The monoisotopic (exact) mass is 758 g/mol. The molecule has 0 spiro atoms. The van der Waals surface area contributed by atoms with Gasteiger partial charge in [-0.3, -0.25) is 13.8 Å². The highest BCUT2D eigenvalue weighted by Crippen LogP contribution is 2.43. The first-order chi connectivity index (χ1) is 25.0. The molecule has 8 nitrogen and oxygen atoms in total. The summed E-state index contributed by atoms with van der Waals surface area (Å²) in [6.45, 7) is 4.78. The van der Waals surface area contributed by atoms with E-state index in [1.807, 2.05) is 27.2 Å². The molecule has 3 unspecified atom stereocenters. The van der Waals surface area contributed by atoms with Crippen molar-refractivity contribution in [3.63, 3.8) is 0 Å². The first kappa shape index (κ1) is 51.0. The fourth-order valence-corrected chi connectivity index (χ4v) is 6.89. The molecule has 0 radical (unpaired) electrons. The maximum atomic E-state index is 12.8. The lowest BCUT2D eigenvalue weighted by Gasteiger charge is -2.25. The Hall–Kier alpha value is -1.02. The molecule has 0 saturated carbocycles. The standard InChI is InChI=1S/C43H85N2O6P/c1-6-8-10-12-14-16-18-20-21-22-23-24-25-26-28-30-32-34-36-42(46)41(40-51-52(48,49)50-39-38-45(3,4)5)44-43(47)37-35-33-31-29-27-19-17-15-13-11-9-7-2/h15,17,34,36,41-42,46H,6-14,16,18-33,35,37-40H2,1-5H3,(H-,44,47,48,49)/p+1/b17-15-,36-34+. The summed E-state index contributed by atoms with van der Waals surface area (Å²) >= 11 is 0. The van der Waals surface area contributed by atoms with Crippen LogP contribution in [0.4, 0.5) is 0 Å². The van der Waals surface area contributed by atoms with Crippen molar-refractivity contribution < 1.29 is 32.9 Å². The molecule has 9 heteroatoms. The molecule has 308 valence electrons. The maximum Gasteiger partial charge on any atom is 0.472 e. The lowest BCUT2D eigenvalue weighted by molar-refractivity contribution is -0.870. The summed E-state index contributed by atoms with van der Waals surface area (Å²) in [7, 11) is 1.57. The number of unbranched alkanes of at least 4 members (excludes halogenated alkanes) is 24. The third-order valence-corrected chi connectivity index (χ3v) is 10.6. The summed E-state index contributed by atoms with van der Waals surface area (Å²) in [5.41, 5.74) is 0. The van der Waals surface area contributed by atoms with E-state index in [9.17, 15) is 19.4 Å². The van der Waals surface area contributed by atoms with Gasteiger partial charge in [-0.25, -0.2) is 4.57 Å². The topological polar surface area (TPSA) is 105 Å². The number of quaternary nitrogens is 1. The summed E-state index contributed by atoms with van der Waals surface area (Å²) < 4.78 is 23.5. The summed E-state index contributed by atoms with van der Waals surface area (Å²) in [6.07, 6.45) is 41.0. The number of nitrogens with one attached hydrogen (secondary N) is 1. The van der Waals surface area contributed by atoms with Gasteiger partial charge in [0.15, 0.2) is 0 Å². The minimum absolute atomic E-state index is 0.0608. The van der Waals surface area contributed by atoms with Crippen LogP contribution in [-0.4, -0.2) is 73.4 Å². The molecule has 0 aliphatic carbocycles. The number of aliphatic hydroxyl groups is 1. The lowest BCUT2D eigenvalue weighted by atomic mass is 10.0. The highest BCUT2D eigenvalue weighted by molar-refractivity contribution is 7.47. The van der Waals surface area contributed by atoms with E-state index in [1.165, 1.54) is 122 Å². The van der Waals surface area contributed by atoms with E-state index in [4.69, 9.17) is 9.05 Å². The molecule has 0 aromatic heterocycles. The first-order valence-electron chi connectivity index (χ1n) is 21.7. The molecule has 52 heavy (non-hydrogen) atoms. The van der Waals surface area contributed by atoms with Crippen LogP contribution in [0, 0.1) is 0 Å². The molecule has 0 aliphatic heterocycles. The number of hydrogen-bond donors (Lipinski definition) is 3. The number of carbonyl (C=O) groups is 1. The quantitative estimate of drug-likeness (QED) is 0.0250. The summed E-state index contributed by atoms with van der Waals surface area (Å²) in [4.78, 5) is 23.0. The smallest absolute Gasteiger partial charge is 0.387 e. The zero-order valence-electron chi connectivity index (χ0n) is 34.8. The Balaban J connectivity index is 4.43. The molecule has 3 atom stereocenters. The van der Waals surface area contributed by atoms with Crippen LogP contribution in [0.5, 0.6) is 0 Å². The van der Waals surface area contributed by atoms with Crippen molar-refractivity contribution in [3.05, 3.63) is 24.3 Å². The number of carbonyl (C=O) groups excluding carboxylic acids is 1. The van der Waals surface area contributed by atoms with Crippen LogP contribution in [0.2, 0.25) is 0 Å². The van der Waals surface area contributed by atoms with Crippen molar-refractivity contribution in [1.29, 1.82) is 0 Å². The third kappa shape index (κ3) is 37.3. The maximum absolute atomic E-state index is 12.8. The van der Waals surface area contributed by atoms with Crippen LogP contribution in [0.1, 0.15) is 194 Å². The Morgan fingerprint density at radius 1 is 0.635 bits per heavy atom. The van der Waals surface area contributed by atoms with E-state index in [-0.39, 0.29) is 19.1 Å². The second-order valence-electron chi connectivity index (χ2n) is 16.1. The van der Waals surface area contributed by atoms with Crippen molar-refractivity contribution >= 4 is 13.7 Å². The molecule has 0 heterocycles. The van der Waals surface area contributed by atoms with Gasteiger partial charge in [0.2, 0.25) is 5.91 Å². The SMILES string of the molecule is CCCCC/C=C\CCCCCCCC(=O)NC(COP(=O)(O)OCC[N+](C)(C)C)C(O)/C=C/CCCCCCCCCCCCCCCCCC. The number of allylic oxidation sites excluding steroid dienone is 3. The van der Waals surface area contributed by atoms with E-state index < -0.39 is 20.0 Å². The number of aliphatic hydroxyl groups excluding tert-OH is 1. The summed E-state index contributed by atoms with van der Waals surface area (Å²) in [6, 6.07) is -0.846. The van der Waals surface area contributed by atoms with E-state index >= 15 is 0 Å². The minimum atomic E-state index is -4.33. The Morgan fingerprint density at radius 3 is 1.52 bits per heavy atom. The predicted molar refractivity (Wildman–Crippen MR) is 221 cm³/mol. The number of nitrogens with zero attached hydrogens (tertiary/aromatic N) is 1. The van der Waals surface area contributed by atoms with Gasteiger partial charge in [-0.1, -0.05) is 167 Å². The molecule has 0 aromatic carbocycles. The number of hydrogen-bond acceptors (Lipinski definition) is 5. The molecule has 1 amide bonds. The number of amides is 1. The molecule has 0 saturated heterocycles. The van der Waals surface area contributed by atoms with Gasteiger partial charge in [0.25, 0.3) is 0 Å². The molecule has 0 bridgehead atoms. The van der Waals surface area contributed by atoms with Gasteiger partial charge in [-0.05, 0) is 44.9 Å². The molecule has 0 fully saturated rings. The van der Waals surface area contributed by atoms with Gasteiger partial charge in [-0.15, -0.1) is 0 Å². The number of rotatable bonds is 39. The first-order valence-corrected chi connectivity index (χ1v) is 23.2. The number of phosphoric ester groups is 1. The average molecular weight is 758 g/mol. The van der Waals surface area contributed by atoms with Crippen LogP contribution in [0.25, 0.3) is 0 Å². The Kier molecular flexibility index (Phi) is 35.0. The molecule has 0 aliphatic rings. The van der Waals surface area contributed by atoms with Crippen molar-refractivity contribution in [2.75, 3.05) is 40.9 Å². The van der Waals surface area contributed by atoms with Gasteiger partial charge in [0, 0.05) is 6.42 Å². The average Bonchev–Trinajstić information content (AvgIpc) is 3.09. The Labute approximate surface area is 322 Å². The predicted octanol–water partition coefficient (Wildman–Crippen LogP) is 11.7. The Morgan fingerprint density at radius 2 is 1.04 bits per heavy atom. The van der Waals surface area contributed by atoms with Gasteiger partial charge in [-0.2, -0.15) is 0 Å². The molecular weight excluding hydrogens is 671 g/mol. The van der Waals surface area contributed by atoms with Crippen LogP contribution in [-0.2, 0) is 18.4 Å². The second-order valence-corrected chi connectivity index (χ2v) is 17.5. The van der Waals surface area contributed by atoms with E-state index in [0.29, 0.717) is 17.4 Å². The fourth-order valence-electron chi connectivity index (χ4n) is 6.15. The van der Waals surface area contributed by atoms with E-state index in [1.54, 1.807) is 6.08 Å². The highest BCUT2D eigenvalue weighted by Gasteiger charge is 2.27. The van der Waals surface area contributed by atoms with Gasteiger partial charge in [0.1, 0.15) is 13.2 Å². The highest BCUT2D eigenvalue weighted by atomic mass is 31.2. The van der Waals surface area contributed by atoms with Crippen molar-refractivity contribution in [2.45, 2.75) is 206 Å². The van der Waals surface area contributed by atoms with Gasteiger partial charge in [0.05, 0.1) is 39.9 Å². The number of phosphoric acid groups is 1. The van der Waals surface area contributed by atoms with Crippen molar-refractivity contribution in [1.82, 2.24) is 5.32 Å². The largest absolute Gasteiger partial charge is 0.472 e. The molecular formula is C43H86N2O6P+. The van der Waals surface area contributed by atoms with Gasteiger partial charge >= 0.3 is 7.82 Å². The lowest BCUT2D eigenvalue weighted by Crippen LogP contribution is -2.45. The summed E-state index contributed by atoms with van der Waals surface area (Å²) in [5, 5.41) is 13.8. The van der Waals surface area contributed by atoms with Crippen molar-refractivity contribution in [2.24, 2.45) is 0 Å². The van der Waals surface area contributed by atoms with Crippen LogP contribution < -0.4 is 5.32 Å². The van der Waals surface area contributed by atoms with Crippen molar-refractivity contribution in [3.8, 4) is 0 Å². The number of likely N-dealkylation sites (N-methyl/N-ethyl adjacent to an activating group) is 1. The van der Waals surface area contributed by atoms with Crippen LogP contribution in [0.3, 0.4) is 0 Å². The zero-order chi connectivity index (χ0) is 38.6. The second kappa shape index (κ2) is 35.7. The molecule has 0 rings (SSSR count). The summed E-state index contributed by atoms with van der Waals surface area (Å²) in [5.74, 6) is -0.187. The zero-order valence-corrected chi connectivity index (χ0v) is 35.7. The van der Waals surface area contributed by atoms with Crippen LogP contribution >= 0.6 is 7.82 Å². The van der Waals surface area contributed by atoms with E-state index in [0.717, 1.165) is 51.4 Å². The van der Waals surface area contributed by atoms with E-state index in [2.05, 4.69) is 31.3 Å². The third-order valence-electron chi connectivity index (χ3n) is 9.67. The molecule has 0 aromatic rings. The van der Waals surface area contributed by atoms with Gasteiger partial charge < -0.3 is 19.8 Å². The normalized spacial score (nSPS) is 14.7. The Bertz CT molecular complexity index is 907. The minimum Gasteiger partial charge on any atom is -0.387 e. The molecule has 3 N–H and O–H groups in total. The fraction of sp³-hybridized carbons (Fsp3) is 0.884.